The van der Waals surface area contributed by atoms with Crippen LogP contribution in [0.1, 0.15) is 36.0 Å². The molecular weight excluding hydrogens is 385 g/mol. The normalized spacial score (nSPS) is 13.8. The fraction of sp³-hybridized carbons (Fsp3) is 0.286. The summed E-state index contributed by atoms with van der Waals surface area (Å²) in [6.45, 7) is 1.94. The molecule has 1 aromatic carbocycles. The van der Waals surface area contributed by atoms with E-state index in [0.29, 0.717) is 28.9 Å². The minimum Gasteiger partial charge on any atom is -0.469 e. The number of hydrogen-bond acceptors (Lipinski definition) is 4. The first-order valence-corrected chi connectivity index (χ1v) is 9.07. The number of halogens is 3. The molecule has 3 heterocycles. The summed E-state index contributed by atoms with van der Waals surface area (Å²) < 4.78 is 46.4. The highest BCUT2D eigenvalue weighted by Gasteiger charge is 2.34. The van der Waals surface area contributed by atoms with E-state index in [1.807, 2.05) is 6.92 Å². The number of benzene rings is 1. The number of fused-ring (bicyclic) bond motifs is 4. The lowest BCUT2D eigenvalue weighted by Gasteiger charge is -2.14. The Balaban J connectivity index is 1.91. The van der Waals surface area contributed by atoms with Crippen LogP contribution >= 0.6 is 0 Å². The highest BCUT2D eigenvalue weighted by molar-refractivity contribution is 5.87. The third kappa shape index (κ3) is 3.08. The molecule has 0 saturated carbocycles. The molecule has 0 fully saturated rings. The van der Waals surface area contributed by atoms with Crippen LogP contribution in [0.2, 0.25) is 0 Å². The van der Waals surface area contributed by atoms with Crippen molar-refractivity contribution in [1.82, 2.24) is 9.55 Å². The highest BCUT2D eigenvalue weighted by atomic mass is 19.4. The number of rotatable bonds is 3. The van der Waals surface area contributed by atoms with Gasteiger partial charge in [-0.1, -0.05) is 13.0 Å². The van der Waals surface area contributed by atoms with E-state index in [2.05, 4.69) is 4.98 Å². The van der Waals surface area contributed by atoms with E-state index in [9.17, 15) is 22.8 Å². The molecule has 1 aliphatic rings. The standard InChI is InChI=1S/C21H17F3N2O3/c1-3-13(20(28)29-2)11-8-17-19-12(10-26(17)18(27)9-11)7-14-15(21(22,23)24)5-4-6-16(14)25-19/h4-9,13H,3,10H2,1-2H3. The molecular formula is C21H17F3N2O3. The Hall–Kier alpha value is -3.16. The summed E-state index contributed by atoms with van der Waals surface area (Å²) in [6, 6.07) is 8.37. The largest absolute Gasteiger partial charge is 0.469 e. The lowest BCUT2D eigenvalue weighted by molar-refractivity contribution is -0.142. The molecule has 0 amide bonds. The molecule has 0 radical (unpaired) electrons. The minimum atomic E-state index is -4.50. The number of hydrogen-bond donors (Lipinski definition) is 0. The Morgan fingerprint density at radius 3 is 2.69 bits per heavy atom. The van der Waals surface area contributed by atoms with Gasteiger partial charge in [0.25, 0.3) is 5.56 Å². The smallest absolute Gasteiger partial charge is 0.417 e. The second kappa shape index (κ2) is 6.72. The Labute approximate surface area is 163 Å². The summed E-state index contributed by atoms with van der Waals surface area (Å²) in [5, 5.41) is 0.000763. The Bertz CT molecular complexity index is 1200. The number of ether oxygens (including phenoxy) is 1. The molecule has 4 rings (SSSR count). The topological polar surface area (TPSA) is 61.2 Å². The van der Waals surface area contributed by atoms with Crippen LogP contribution < -0.4 is 5.56 Å². The molecule has 0 saturated heterocycles. The number of methoxy groups -OCH3 is 1. The first-order valence-electron chi connectivity index (χ1n) is 9.07. The van der Waals surface area contributed by atoms with E-state index in [-0.39, 0.29) is 23.0 Å². The van der Waals surface area contributed by atoms with Crippen molar-refractivity contribution in [2.75, 3.05) is 7.11 Å². The predicted octanol–water partition coefficient (Wildman–Crippen LogP) is 4.11. The minimum absolute atomic E-state index is 0.000763. The Morgan fingerprint density at radius 1 is 1.28 bits per heavy atom. The van der Waals surface area contributed by atoms with Crippen LogP contribution in [0.5, 0.6) is 0 Å². The van der Waals surface area contributed by atoms with Gasteiger partial charge in [0.05, 0.1) is 42.0 Å². The van der Waals surface area contributed by atoms with Gasteiger partial charge in [-0.25, -0.2) is 4.98 Å². The van der Waals surface area contributed by atoms with Gasteiger partial charge in [-0.2, -0.15) is 13.2 Å². The van der Waals surface area contributed by atoms with Crippen LogP contribution in [0, 0.1) is 0 Å². The van der Waals surface area contributed by atoms with Crippen molar-refractivity contribution in [2.45, 2.75) is 32.0 Å². The zero-order valence-corrected chi connectivity index (χ0v) is 15.7. The molecule has 0 spiro atoms. The molecule has 1 unspecified atom stereocenters. The van der Waals surface area contributed by atoms with Gasteiger partial charge in [0.1, 0.15) is 0 Å². The van der Waals surface area contributed by atoms with Crippen molar-refractivity contribution in [2.24, 2.45) is 0 Å². The van der Waals surface area contributed by atoms with E-state index in [1.165, 1.54) is 35.9 Å². The van der Waals surface area contributed by atoms with E-state index in [4.69, 9.17) is 4.74 Å². The average molecular weight is 402 g/mol. The van der Waals surface area contributed by atoms with Crippen molar-refractivity contribution < 1.29 is 22.7 Å². The van der Waals surface area contributed by atoms with Crippen LogP contribution in [0.3, 0.4) is 0 Å². The van der Waals surface area contributed by atoms with Crippen molar-refractivity contribution in [3.05, 3.63) is 63.4 Å². The molecule has 3 aromatic rings. The molecule has 8 heteroatoms. The number of pyridine rings is 2. The van der Waals surface area contributed by atoms with Crippen LogP contribution in [-0.2, 0) is 22.3 Å². The van der Waals surface area contributed by atoms with Crippen LogP contribution in [-0.4, -0.2) is 22.6 Å². The number of carbonyl (C=O) groups is 1. The lowest BCUT2D eigenvalue weighted by Crippen LogP contribution is -2.22. The average Bonchev–Trinajstić information content (AvgIpc) is 3.03. The zero-order chi connectivity index (χ0) is 20.9. The van der Waals surface area contributed by atoms with Gasteiger partial charge >= 0.3 is 12.1 Å². The predicted molar refractivity (Wildman–Crippen MR) is 101 cm³/mol. The SMILES string of the molecule is CCC(C(=O)OC)c1cc2n(c(=O)c1)Cc1cc3c(C(F)(F)F)cccc3nc1-2. The highest BCUT2D eigenvalue weighted by Crippen LogP contribution is 2.38. The molecule has 0 N–H and O–H groups in total. The molecule has 0 bridgehead atoms. The summed E-state index contributed by atoms with van der Waals surface area (Å²) in [5.74, 6) is -1.05. The lowest BCUT2D eigenvalue weighted by atomic mass is 9.96. The van der Waals surface area contributed by atoms with E-state index in [1.54, 1.807) is 6.07 Å². The molecule has 0 aliphatic carbocycles. The summed E-state index contributed by atoms with van der Waals surface area (Å²) in [6.07, 6.45) is -4.05. The van der Waals surface area contributed by atoms with Crippen molar-refractivity contribution in [1.29, 1.82) is 0 Å². The van der Waals surface area contributed by atoms with Gasteiger partial charge in [-0.15, -0.1) is 0 Å². The van der Waals surface area contributed by atoms with Crippen molar-refractivity contribution in [3.63, 3.8) is 0 Å². The molecule has 5 nitrogen and oxygen atoms in total. The maximum absolute atomic E-state index is 13.4. The first-order chi connectivity index (χ1) is 13.7. The van der Waals surface area contributed by atoms with E-state index >= 15 is 0 Å². The van der Waals surface area contributed by atoms with E-state index < -0.39 is 23.6 Å². The number of aromatic nitrogens is 2. The summed E-state index contributed by atoms with van der Waals surface area (Å²) in [4.78, 5) is 29.1. The van der Waals surface area contributed by atoms with Gasteiger partial charge in [-0.3, -0.25) is 9.59 Å². The second-order valence-electron chi connectivity index (χ2n) is 6.95. The summed E-state index contributed by atoms with van der Waals surface area (Å²) in [5.41, 5.74) is 1.09. The monoisotopic (exact) mass is 402 g/mol. The maximum Gasteiger partial charge on any atom is 0.417 e. The molecule has 2 aromatic heterocycles. The van der Waals surface area contributed by atoms with E-state index in [0.717, 1.165) is 6.07 Å². The number of esters is 1. The van der Waals surface area contributed by atoms with Gasteiger partial charge in [0.15, 0.2) is 0 Å². The van der Waals surface area contributed by atoms with Crippen LogP contribution in [0.4, 0.5) is 13.2 Å². The number of nitrogens with zero attached hydrogens (tertiary/aromatic N) is 2. The number of alkyl halides is 3. The molecule has 29 heavy (non-hydrogen) atoms. The molecule has 1 atom stereocenters. The van der Waals surface area contributed by atoms with Crippen molar-refractivity contribution >= 4 is 16.9 Å². The van der Waals surface area contributed by atoms with Gasteiger partial charge < -0.3 is 9.30 Å². The quantitative estimate of drug-likeness (QED) is 0.484. The third-order valence-electron chi connectivity index (χ3n) is 5.26. The third-order valence-corrected chi connectivity index (χ3v) is 5.26. The fourth-order valence-electron chi connectivity index (χ4n) is 3.85. The summed E-state index contributed by atoms with van der Waals surface area (Å²) >= 11 is 0. The first kappa shape index (κ1) is 19.2. The van der Waals surface area contributed by atoms with Crippen LogP contribution in [0.25, 0.3) is 22.3 Å². The summed E-state index contributed by atoms with van der Waals surface area (Å²) in [7, 11) is 1.28. The van der Waals surface area contributed by atoms with Gasteiger partial charge in [0.2, 0.25) is 0 Å². The molecule has 150 valence electrons. The van der Waals surface area contributed by atoms with Gasteiger partial charge in [0, 0.05) is 17.0 Å². The number of carbonyl (C=O) groups excluding carboxylic acids is 1. The Morgan fingerprint density at radius 2 is 2.03 bits per heavy atom. The van der Waals surface area contributed by atoms with Gasteiger partial charge in [-0.05, 0) is 36.2 Å². The zero-order valence-electron chi connectivity index (χ0n) is 15.7. The maximum atomic E-state index is 13.4. The Kier molecular flexibility index (Phi) is 4.44. The second-order valence-corrected chi connectivity index (χ2v) is 6.95. The fourth-order valence-corrected chi connectivity index (χ4v) is 3.85. The molecule has 1 aliphatic heterocycles. The van der Waals surface area contributed by atoms with Crippen molar-refractivity contribution in [3.8, 4) is 11.4 Å². The van der Waals surface area contributed by atoms with Crippen LogP contribution in [0.15, 0.2) is 41.2 Å².